The topological polar surface area (TPSA) is 34.9 Å². The van der Waals surface area contributed by atoms with Gasteiger partial charge in [0.25, 0.3) is 0 Å². The van der Waals surface area contributed by atoms with E-state index in [0.29, 0.717) is 11.8 Å². The third-order valence-corrected chi connectivity index (χ3v) is 4.54. The number of carbonyl (C=O) groups is 1. The summed E-state index contributed by atoms with van der Waals surface area (Å²) in [5.74, 6) is 0. The van der Waals surface area contributed by atoms with Gasteiger partial charge in [-0.25, -0.2) is 0 Å². The number of aldehydes is 1. The number of hydrogen-bond donors (Lipinski definition) is 0. The maximum absolute atomic E-state index is 10.7. The van der Waals surface area contributed by atoms with Crippen LogP contribution in [0.3, 0.4) is 0 Å². The number of nitrogens with zero attached hydrogens (tertiary/aromatic N) is 2. The van der Waals surface area contributed by atoms with Crippen LogP contribution < -0.4 is 0 Å². The van der Waals surface area contributed by atoms with Crippen molar-refractivity contribution in [3.63, 3.8) is 0 Å². The first-order valence-corrected chi connectivity index (χ1v) is 8.09. The average Bonchev–Trinajstić information content (AvgIpc) is 2.80. The van der Waals surface area contributed by atoms with Gasteiger partial charge in [-0.1, -0.05) is 33.1 Å². The Balaban J connectivity index is 0.000000956. The minimum Gasteiger partial charge on any atom is -0.303 e. The van der Waals surface area contributed by atoms with Gasteiger partial charge in [-0.2, -0.15) is 5.10 Å². The zero-order valence-corrected chi connectivity index (χ0v) is 13.6. The maximum Gasteiger partial charge on any atom is 0.120 e. The molecule has 3 heteroatoms. The van der Waals surface area contributed by atoms with E-state index in [0.717, 1.165) is 19.3 Å². The highest BCUT2D eigenvalue weighted by atomic mass is 16.1. The Labute approximate surface area is 123 Å². The molecule has 20 heavy (non-hydrogen) atoms. The van der Waals surface area contributed by atoms with Crippen molar-refractivity contribution >= 4 is 6.29 Å². The Morgan fingerprint density at radius 3 is 2.40 bits per heavy atom. The van der Waals surface area contributed by atoms with Crippen LogP contribution in [0.15, 0.2) is 6.20 Å². The molecular formula is C17H30N2O. The van der Waals surface area contributed by atoms with Gasteiger partial charge >= 0.3 is 0 Å². The van der Waals surface area contributed by atoms with E-state index in [2.05, 4.69) is 23.6 Å². The van der Waals surface area contributed by atoms with E-state index in [1.54, 1.807) is 0 Å². The van der Waals surface area contributed by atoms with Crippen molar-refractivity contribution in [2.45, 2.75) is 79.2 Å². The van der Waals surface area contributed by atoms with Crippen molar-refractivity contribution < 1.29 is 4.79 Å². The van der Waals surface area contributed by atoms with Crippen LogP contribution in [0.25, 0.3) is 0 Å². The van der Waals surface area contributed by atoms with Gasteiger partial charge in [0.1, 0.15) is 6.29 Å². The lowest BCUT2D eigenvalue weighted by Gasteiger charge is -2.37. The average molecular weight is 278 g/mol. The second kappa shape index (κ2) is 8.23. The van der Waals surface area contributed by atoms with E-state index < -0.39 is 0 Å². The molecule has 1 saturated carbocycles. The third-order valence-electron chi connectivity index (χ3n) is 4.54. The minimum absolute atomic E-state index is 0.308. The number of rotatable bonds is 5. The molecule has 0 N–H and O–H groups in total. The predicted octanol–water partition coefficient (Wildman–Crippen LogP) is 4.46. The summed E-state index contributed by atoms with van der Waals surface area (Å²) in [4.78, 5) is 10.7. The van der Waals surface area contributed by atoms with Crippen LogP contribution in [0, 0.1) is 19.3 Å². The van der Waals surface area contributed by atoms with Gasteiger partial charge in [0.2, 0.25) is 0 Å². The largest absolute Gasteiger partial charge is 0.303 e. The lowest BCUT2D eigenvalue weighted by Crippen LogP contribution is -2.30. The number of hydrogen-bond acceptors (Lipinski definition) is 2. The molecule has 0 saturated heterocycles. The van der Waals surface area contributed by atoms with Crippen LogP contribution in [0.4, 0.5) is 0 Å². The van der Waals surface area contributed by atoms with Crippen LogP contribution in [-0.2, 0) is 11.3 Å². The second-order valence-electron chi connectivity index (χ2n) is 5.84. The highest BCUT2D eigenvalue weighted by Crippen LogP contribution is 2.41. The Morgan fingerprint density at radius 2 is 1.90 bits per heavy atom. The lowest BCUT2D eigenvalue weighted by atomic mass is 9.71. The van der Waals surface area contributed by atoms with Crippen molar-refractivity contribution in [2.24, 2.45) is 5.41 Å². The van der Waals surface area contributed by atoms with Crippen LogP contribution in [-0.4, -0.2) is 16.1 Å². The van der Waals surface area contributed by atoms with Crippen LogP contribution in [0.5, 0.6) is 0 Å². The Bertz CT molecular complexity index is 403. The minimum atomic E-state index is 0.308. The van der Waals surface area contributed by atoms with E-state index in [4.69, 9.17) is 0 Å². The van der Waals surface area contributed by atoms with Gasteiger partial charge in [-0.15, -0.1) is 0 Å². The van der Waals surface area contributed by atoms with Crippen molar-refractivity contribution in [1.82, 2.24) is 9.78 Å². The van der Waals surface area contributed by atoms with Crippen LogP contribution >= 0.6 is 0 Å². The molecule has 1 fully saturated rings. The number of carbonyl (C=O) groups excluding carboxylic acids is 1. The Morgan fingerprint density at radius 1 is 1.25 bits per heavy atom. The van der Waals surface area contributed by atoms with Crippen LogP contribution in [0.2, 0.25) is 0 Å². The van der Waals surface area contributed by atoms with E-state index in [1.165, 1.54) is 43.4 Å². The molecule has 0 bridgehead atoms. The lowest BCUT2D eigenvalue weighted by molar-refractivity contribution is -0.108. The highest BCUT2D eigenvalue weighted by molar-refractivity contribution is 5.49. The van der Waals surface area contributed by atoms with Crippen LogP contribution in [0.1, 0.15) is 70.1 Å². The first-order chi connectivity index (χ1) is 9.67. The van der Waals surface area contributed by atoms with E-state index >= 15 is 0 Å². The molecule has 1 aromatic heterocycles. The summed E-state index contributed by atoms with van der Waals surface area (Å²) in [5.41, 5.74) is 2.84. The van der Waals surface area contributed by atoms with Gasteiger partial charge in [-0.05, 0) is 44.1 Å². The van der Waals surface area contributed by atoms with Crippen molar-refractivity contribution in [3.05, 3.63) is 17.5 Å². The first kappa shape index (κ1) is 16.9. The molecule has 0 aliphatic heterocycles. The second-order valence-corrected chi connectivity index (χ2v) is 5.84. The molecule has 114 valence electrons. The summed E-state index contributed by atoms with van der Waals surface area (Å²) in [7, 11) is 0. The summed E-state index contributed by atoms with van der Waals surface area (Å²) in [5, 5.41) is 4.49. The molecule has 0 atom stereocenters. The van der Waals surface area contributed by atoms with Gasteiger partial charge in [0, 0.05) is 18.7 Å². The molecular weight excluding hydrogens is 248 g/mol. The van der Waals surface area contributed by atoms with Gasteiger partial charge < -0.3 is 4.79 Å². The molecule has 0 unspecified atom stereocenters. The van der Waals surface area contributed by atoms with E-state index in [1.807, 2.05) is 20.0 Å². The molecule has 1 aromatic rings. The zero-order chi connectivity index (χ0) is 15.0. The molecule has 2 rings (SSSR count). The molecule has 0 aromatic carbocycles. The fourth-order valence-corrected chi connectivity index (χ4v) is 3.17. The van der Waals surface area contributed by atoms with Gasteiger partial charge in [-0.3, -0.25) is 4.68 Å². The smallest absolute Gasteiger partial charge is 0.120 e. The Hall–Kier alpha value is -1.12. The SMILES string of the molecule is CC.Cc1cnn(CC2(CCC=O)CCCCC2)c1C. The molecule has 1 heterocycles. The number of aryl methyl sites for hydroxylation is 1. The first-order valence-electron chi connectivity index (χ1n) is 8.09. The quantitative estimate of drug-likeness (QED) is 0.745. The monoisotopic (exact) mass is 278 g/mol. The summed E-state index contributed by atoms with van der Waals surface area (Å²) in [6.07, 6.45) is 11.2. The van der Waals surface area contributed by atoms with Gasteiger partial charge in [0.05, 0.1) is 6.20 Å². The normalized spacial score (nSPS) is 17.2. The van der Waals surface area contributed by atoms with Crippen molar-refractivity contribution in [2.75, 3.05) is 0 Å². The molecule has 0 spiro atoms. The molecule has 0 amide bonds. The maximum atomic E-state index is 10.7. The fourth-order valence-electron chi connectivity index (χ4n) is 3.17. The van der Waals surface area contributed by atoms with Gasteiger partial charge in [0.15, 0.2) is 0 Å². The zero-order valence-electron chi connectivity index (χ0n) is 13.6. The van der Waals surface area contributed by atoms with Crippen molar-refractivity contribution in [3.8, 4) is 0 Å². The molecule has 0 radical (unpaired) electrons. The molecule has 3 nitrogen and oxygen atoms in total. The summed E-state index contributed by atoms with van der Waals surface area (Å²) < 4.78 is 2.14. The third kappa shape index (κ3) is 4.19. The summed E-state index contributed by atoms with van der Waals surface area (Å²) in [6.45, 7) is 9.23. The van der Waals surface area contributed by atoms with Crippen molar-refractivity contribution in [1.29, 1.82) is 0 Å². The molecule has 1 aliphatic carbocycles. The van der Waals surface area contributed by atoms with E-state index in [-0.39, 0.29) is 0 Å². The summed E-state index contributed by atoms with van der Waals surface area (Å²) >= 11 is 0. The molecule has 1 aliphatic rings. The predicted molar refractivity (Wildman–Crippen MR) is 83.9 cm³/mol. The summed E-state index contributed by atoms with van der Waals surface area (Å²) in [6, 6.07) is 0. The number of aromatic nitrogens is 2. The fraction of sp³-hybridized carbons (Fsp3) is 0.765. The van der Waals surface area contributed by atoms with E-state index in [9.17, 15) is 4.79 Å². The standard InChI is InChI=1S/C15H24N2O.C2H6/c1-13-11-16-17(14(13)2)12-15(9-6-10-18)7-4-3-5-8-15;1-2/h10-11H,3-9,12H2,1-2H3;1-2H3. The Kier molecular flexibility index (Phi) is 6.97. The highest BCUT2D eigenvalue weighted by Gasteiger charge is 2.32.